The molecule has 0 radical (unpaired) electrons. The van der Waals surface area contributed by atoms with Gasteiger partial charge >= 0.3 is 17.9 Å². The molecule has 0 aliphatic heterocycles. The Balaban J connectivity index is 1.71. The molecule has 1 aromatic carbocycles. The number of nitrogens with zero attached hydrogens (tertiary/aromatic N) is 2. The average Bonchev–Trinajstić information content (AvgIpc) is 3.33. The molecule has 0 saturated carbocycles. The number of esters is 2. The Labute approximate surface area is 298 Å². The van der Waals surface area contributed by atoms with Crippen LogP contribution in [0.25, 0.3) is 0 Å². The van der Waals surface area contributed by atoms with Crippen LogP contribution >= 0.6 is 0 Å². The standard InChI is InChI=1S/C39H60N2O9/c1-38(2,3)48-35(45)20-18-16-14-12-10-8-7-9-11-13-15-17-19-32(42)40(28-27-36(46)49-39(4,5)6)29-30-21-23-31(24-22-30)37(47)50-41-33(43)25-26-34(41)44/h21-26,43-44H,7-20,27-29H2,1-6H3. The van der Waals surface area contributed by atoms with Gasteiger partial charge in [-0.1, -0.05) is 76.3 Å². The van der Waals surface area contributed by atoms with Gasteiger partial charge in [-0.05, 0) is 72.1 Å². The normalized spacial score (nSPS) is 11.6. The largest absolute Gasteiger partial charge is 0.492 e. The molecule has 0 aliphatic carbocycles. The number of aromatic hydroxyl groups is 2. The van der Waals surface area contributed by atoms with Gasteiger partial charge in [0.2, 0.25) is 17.7 Å². The number of rotatable bonds is 22. The highest BCUT2D eigenvalue weighted by molar-refractivity contribution is 5.89. The lowest BCUT2D eigenvalue weighted by molar-refractivity contribution is -0.156. The summed E-state index contributed by atoms with van der Waals surface area (Å²) in [5.74, 6) is -2.13. The Morgan fingerprint density at radius 3 is 1.48 bits per heavy atom. The molecule has 0 bridgehead atoms. The molecule has 11 heteroatoms. The lowest BCUT2D eigenvalue weighted by Gasteiger charge is -2.24. The van der Waals surface area contributed by atoms with Gasteiger partial charge in [0.1, 0.15) is 11.2 Å². The van der Waals surface area contributed by atoms with E-state index in [1.54, 1.807) is 49.9 Å². The van der Waals surface area contributed by atoms with Crippen molar-refractivity contribution in [2.24, 2.45) is 0 Å². The second-order valence-corrected chi connectivity index (χ2v) is 14.9. The van der Waals surface area contributed by atoms with Crippen LogP contribution in [0.15, 0.2) is 36.4 Å². The number of hydrogen-bond acceptors (Lipinski definition) is 9. The molecule has 11 nitrogen and oxygen atoms in total. The summed E-state index contributed by atoms with van der Waals surface area (Å²) >= 11 is 0. The van der Waals surface area contributed by atoms with E-state index in [1.165, 1.54) is 44.2 Å². The van der Waals surface area contributed by atoms with Crippen molar-refractivity contribution >= 4 is 23.8 Å². The maximum absolute atomic E-state index is 13.3. The Hall–Kier alpha value is -4.02. The van der Waals surface area contributed by atoms with Gasteiger partial charge in [0.05, 0.1) is 12.0 Å². The molecule has 2 N–H and O–H groups in total. The monoisotopic (exact) mass is 700 g/mol. The van der Waals surface area contributed by atoms with Crippen molar-refractivity contribution < 1.29 is 43.7 Å². The molecule has 1 heterocycles. The number of carbonyl (C=O) groups is 4. The third-order valence-electron chi connectivity index (χ3n) is 7.84. The summed E-state index contributed by atoms with van der Waals surface area (Å²) in [6.07, 6.45) is 14.1. The number of amides is 1. The fourth-order valence-corrected chi connectivity index (χ4v) is 5.37. The molecule has 0 aliphatic rings. The third kappa shape index (κ3) is 18.1. The summed E-state index contributed by atoms with van der Waals surface area (Å²) in [7, 11) is 0. The molecule has 280 valence electrons. The van der Waals surface area contributed by atoms with Gasteiger partial charge in [-0.2, -0.15) is 0 Å². The Morgan fingerprint density at radius 2 is 1.02 bits per heavy atom. The molecule has 50 heavy (non-hydrogen) atoms. The summed E-state index contributed by atoms with van der Waals surface area (Å²) in [4.78, 5) is 56.7. The molecule has 0 fully saturated rings. The SMILES string of the molecule is CC(C)(C)OC(=O)CCCCCCCCCCCCCCC(=O)N(CCC(=O)OC(C)(C)C)Cc1ccc(C(=O)On2c(O)ccc2O)cc1. The molecule has 0 spiro atoms. The molecule has 0 unspecified atom stereocenters. The van der Waals surface area contributed by atoms with Gasteiger partial charge in [-0.3, -0.25) is 14.4 Å². The fraction of sp³-hybridized carbons (Fsp3) is 0.641. The van der Waals surface area contributed by atoms with Gasteiger partial charge in [-0.25, -0.2) is 4.79 Å². The molecule has 1 amide bonds. The van der Waals surface area contributed by atoms with Gasteiger partial charge in [0, 0.05) is 38.1 Å². The number of ether oxygens (including phenoxy) is 2. The summed E-state index contributed by atoms with van der Waals surface area (Å²) < 4.78 is 11.4. The minimum absolute atomic E-state index is 0.0401. The van der Waals surface area contributed by atoms with Crippen LogP contribution in [0.4, 0.5) is 0 Å². The third-order valence-corrected chi connectivity index (χ3v) is 7.84. The number of unbranched alkanes of at least 4 members (excludes halogenated alkanes) is 11. The van der Waals surface area contributed by atoms with E-state index in [0.717, 1.165) is 50.5 Å². The minimum Gasteiger partial charge on any atom is -0.492 e. The predicted octanol–water partition coefficient (Wildman–Crippen LogP) is 8.03. The number of aromatic nitrogens is 1. The fourth-order valence-electron chi connectivity index (χ4n) is 5.37. The van der Waals surface area contributed by atoms with Crippen molar-refractivity contribution in [1.82, 2.24) is 9.63 Å². The van der Waals surface area contributed by atoms with Crippen molar-refractivity contribution in [2.75, 3.05) is 6.54 Å². The quantitative estimate of drug-likeness (QED) is 0.0921. The van der Waals surface area contributed by atoms with E-state index in [-0.39, 0.29) is 42.9 Å². The van der Waals surface area contributed by atoms with Crippen LogP contribution in [0.5, 0.6) is 11.8 Å². The summed E-state index contributed by atoms with van der Waals surface area (Å²) in [6, 6.07) is 8.87. The van der Waals surface area contributed by atoms with Crippen molar-refractivity contribution in [1.29, 1.82) is 0 Å². The average molecular weight is 701 g/mol. The van der Waals surface area contributed by atoms with E-state index in [1.807, 2.05) is 20.8 Å². The lowest BCUT2D eigenvalue weighted by atomic mass is 10.0. The maximum atomic E-state index is 13.3. The van der Waals surface area contributed by atoms with E-state index in [2.05, 4.69) is 0 Å². The zero-order valence-electron chi connectivity index (χ0n) is 31.1. The van der Waals surface area contributed by atoms with E-state index < -0.39 is 28.9 Å². The van der Waals surface area contributed by atoms with Crippen molar-refractivity contribution in [3.05, 3.63) is 47.5 Å². The molecule has 0 saturated heterocycles. The van der Waals surface area contributed by atoms with Crippen LogP contribution in [0.2, 0.25) is 0 Å². The van der Waals surface area contributed by atoms with Crippen molar-refractivity contribution in [3.8, 4) is 11.8 Å². The molecule has 2 aromatic rings. The van der Waals surface area contributed by atoms with Crippen LogP contribution in [0, 0.1) is 0 Å². The van der Waals surface area contributed by atoms with Crippen molar-refractivity contribution in [2.45, 2.75) is 156 Å². The van der Waals surface area contributed by atoms with Crippen LogP contribution in [-0.2, 0) is 30.4 Å². The summed E-state index contributed by atoms with van der Waals surface area (Å²) in [6.45, 7) is 11.6. The smallest absolute Gasteiger partial charge is 0.363 e. The van der Waals surface area contributed by atoms with Crippen LogP contribution in [0.3, 0.4) is 0 Å². The highest BCUT2D eigenvalue weighted by Crippen LogP contribution is 2.20. The molecular formula is C39H60N2O9. The first kappa shape index (κ1) is 42.1. The first-order valence-electron chi connectivity index (χ1n) is 18.2. The highest BCUT2D eigenvalue weighted by atomic mass is 16.7. The molecule has 0 atom stereocenters. The predicted molar refractivity (Wildman–Crippen MR) is 191 cm³/mol. The van der Waals surface area contributed by atoms with Gasteiger partial charge in [0.15, 0.2) is 0 Å². The van der Waals surface area contributed by atoms with E-state index in [9.17, 15) is 29.4 Å². The van der Waals surface area contributed by atoms with E-state index in [0.29, 0.717) is 17.6 Å². The summed E-state index contributed by atoms with van der Waals surface area (Å²) in [5, 5.41) is 19.4. The van der Waals surface area contributed by atoms with E-state index in [4.69, 9.17) is 14.3 Å². The van der Waals surface area contributed by atoms with Crippen LogP contribution in [0.1, 0.15) is 154 Å². The first-order chi connectivity index (χ1) is 23.5. The Kier molecular flexibility index (Phi) is 17.9. The van der Waals surface area contributed by atoms with Crippen molar-refractivity contribution in [3.63, 3.8) is 0 Å². The Morgan fingerprint density at radius 1 is 0.600 bits per heavy atom. The minimum atomic E-state index is -0.778. The number of carbonyl (C=O) groups excluding carboxylic acids is 4. The second-order valence-electron chi connectivity index (χ2n) is 14.9. The zero-order valence-corrected chi connectivity index (χ0v) is 31.1. The van der Waals surface area contributed by atoms with Crippen LogP contribution < -0.4 is 4.84 Å². The van der Waals surface area contributed by atoms with Gasteiger partial charge < -0.3 is 29.4 Å². The molecular weight excluding hydrogens is 640 g/mol. The molecule has 2 rings (SSSR count). The van der Waals surface area contributed by atoms with Crippen LogP contribution in [-0.4, -0.2) is 61.4 Å². The number of benzene rings is 1. The highest BCUT2D eigenvalue weighted by Gasteiger charge is 2.21. The lowest BCUT2D eigenvalue weighted by Crippen LogP contribution is -2.34. The molecule has 1 aromatic heterocycles. The van der Waals surface area contributed by atoms with Gasteiger partial charge in [-0.15, -0.1) is 4.73 Å². The van der Waals surface area contributed by atoms with Gasteiger partial charge in [0.25, 0.3) is 0 Å². The Bertz CT molecular complexity index is 1320. The van der Waals surface area contributed by atoms with E-state index >= 15 is 0 Å². The first-order valence-corrected chi connectivity index (χ1v) is 18.2. The topological polar surface area (TPSA) is 145 Å². The summed E-state index contributed by atoms with van der Waals surface area (Å²) in [5.41, 5.74) is -0.0649. The number of hydrogen-bond donors (Lipinski definition) is 2. The zero-order chi connectivity index (χ0) is 37.2. The second kappa shape index (κ2) is 21.3. The maximum Gasteiger partial charge on any atom is 0.363 e.